The van der Waals surface area contributed by atoms with E-state index in [0.29, 0.717) is 6.54 Å². The van der Waals surface area contributed by atoms with Gasteiger partial charge in [-0.15, -0.1) is 0 Å². The molecule has 1 aliphatic heterocycles. The highest BCUT2D eigenvalue weighted by atomic mass is 16.4. The van der Waals surface area contributed by atoms with E-state index in [-0.39, 0.29) is 23.5 Å². The largest absolute Gasteiger partial charge is 0.432 e. The number of nitrogens with one attached hydrogen (secondary N) is 1. The molecular formula is C23H23N5O3. The number of pyridine rings is 1. The Morgan fingerprint density at radius 2 is 1.97 bits per heavy atom. The first-order valence-corrected chi connectivity index (χ1v) is 10.2. The molecule has 0 unspecified atom stereocenters. The lowest BCUT2D eigenvalue weighted by Crippen LogP contribution is -2.42. The number of hydrogen-bond donors (Lipinski definition) is 2. The van der Waals surface area contributed by atoms with Crippen LogP contribution in [0.3, 0.4) is 0 Å². The van der Waals surface area contributed by atoms with Gasteiger partial charge in [-0.2, -0.15) is 0 Å². The highest BCUT2D eigenvalue weighted by Crippen LogP contribution is 2.39. The molecule has 0 spiro atoms. The molecule has 0 saturated heterocycles. The second-order valence-corrected chi connectivity index (χ2v) is 8.51. The lowest BCUT2D eigenvalue weighted by Gasteiger charge is -2.37. The Morgan fingerprint density at radius 3 is 2.71 bits per heavy atom. The molecule has 4 aromatic rings. The number of H-pyrrole nitrogens is 1. The number of fused-ring (bicyclic) bond motifs is 2. The summed E-state index contributed by atoms with van der Waals surface area (Å²) < 4.78 is 5.62. The van der Waals surface area contributed by atoms with E-state index in [9.17, 15) is 9.90 Å². The molecule has 1 aromatic carbocycles. The van der Waals surface area contributed by atoms with Crippen molar-refractivity contribution in [3.05, 3.63) is 77.8 Å². The Kier molecular flexibility index (Phi) is 4.40. The van der Waals surface area contributed by atoms with Crippen LogP contribution in [-0.2, 0) is 5.60 Å². The highest BCUT2D eigenvalue weighted by Gasteiger charge is 2.39. The minimum Gasteiger partial charge on any atom is -0.432 e. The minimum atomic E-state index is -1.27. The summed E-state index contributed by atoms with van der Waals surface area (Å²) in [5.74, 6) is -0.0877. The van der Waals surface area contributed by atoms with Crippen LogP contribution < -0.4 is 0 Å². The van der Waals surface area contributed by atoms with Crippen molar-refractivity contribution in [2.75, 3.05) is 6.54 Å². The number of oxazole rings is 1. The zero-order chi connectivity index (χ0) is 21.8. The molecule has 8 heteroatoms. The number of amides is 1. The van der Waals surface area contributed by atoms with E-state index in [0.717, 1.165) is 27.9 Å². The molecule has 0 aliphatic carbocycles. The Balaban J connectivity index is 1.60. The normalized spacial score (nSPS) is 18.9. The molecule has 0 bridgehead atoms. The van der Waals surface area contributed by atoms with E-state index in [1.165, 1.54) is 6.20 Å². The van der Waals surface area contributed by atoms with Gasteiger partial charge in [-0.3, -0.25) is 9.78 Å². The molecule has 3 aromatic heterocycles. The molecule has 0 fully saturated rings. The third kappa shape index (κ3) is 3.29. The molecule has 31 heavy (non-hydrogen) atoms. The van der Waals surface area contributed by atoms with Gasteiger partial charge in [-0.25, -0.2) is 9.97 Å². The average molecular weight is 417 g/mol. The molecular weight excluding hydrogens is 394 g/mol. The zero-order valence-electron chi connectivity index (χ0n) is 17.5. The molecule has 158 valence electrons. The van der Waals surface area contributed by atoms with Crippen molar-refractivity contribution >= 4 is 16.7 Å². The summed E-state index contributed by atoms with van der Waals surface area (Å²) in [4.78, 5) is 31.7. The Bertz CT molecular complexity index is 1270. The Hall–Kier alpha value is -3.52. The van der Waals surface area contributed by atoms with Crippen LogP contribution in [0.25, 0.3) is 10.8 Å². The van der Waals surface area contributed by atoms with Gasteiger partial charge in [0.1, 0.15) is 11.6 Å². The van der Waals surface area contributed by atoms with Crippen LogP contribution in [0.5, 0.6) is 0 Å². The number of hydrogen-bond acceptors (Lipinski definition) is 6. The predicted molar refractivity (Wildman–Crippen MR) is 113 cm³/mol. The van der Waals surface area contributed by atoms with Gasteiger partial charge < -0.3 is 19.4 Å². The lowest BCUT2D eigenvalue weighted by atomic mass is 9.92. The number of rotatable bonds is 3. The molecule has 0 saturated carbocycles. The van der Waals surface area contributed by atoms with Crippen LogP contribution in [0.2, 0.25) is 0 Å². The van der Waals surface area contributed by atoms with Gasteiger partial charge in [0.15, 0.2) is 0 Å². The number of carbonyl (C=O) groups is 1. The van der Waals surface area contributed by atoms with E-state index < -0.39 is 11.6 Å². The number of nitrogens with zero attached hydrogens (tertiary/aromatic N) is 4. The molecule has 5 rings (SSSR count). The van der Waals surface area contributed by atoms with Crippen molar-refractivity contribution in [1.82, 2.24) is 24.8 Å². The predicted octanol–water partition coefficient (Wildman–Crippen LogP) is 3.52. The Morgan fingerprint density at radius 1 is 1.19 bits per heavy atom. The van der Waals surface area contributed by atoms with Crippen LogP contribution in [0, 0.1) is 0 Å². The molecule has 8 nitrogen and oxygen atoms in total. The number of imidazole rings is 1. The number of benzene rings is 1. The maximum absolute atomic E-state index is 13.5. The fourth-order valence-corrected chi connectivity index (χ4v) is 4.12. The third-order valence-corrected chi connectivity index (χ3v) is 5.66. The topological polar surface area (TPSA) is 108 Å². The van der Waals surface area contributed by atoms with Gasteiger partial charge >= 0.3 is 0 Å². The molecule has 1 aliphatic rings. The van der Waals surface area contributed by atoms with Crippen molar-refractivity contribution in [2.45, 2.75) is 38.3 Å². The first kappa shape index (κ1) is 19.4. The standard InChI is InChI=1S/C23H23N5O3/c1-13-11-28(21(29)17-10-25-22(31-17)23(2,3)30)20(19-18(13)26-12-27-19)16-8-14-6-4-5-7-15(14)9-24-16/h4-10,12-13,20,30H,11H2,1-3H3,(H,26,27)/t13-,20+/m0/s1. The number of aliphatic hydroxyl groups is 1. The van der Waals surface area contributed by atoms with Gasteiger partial charge in [0.25, 0.3) is 5.91 Å². The van der Waals surface area contributed by atoms with Gasteiger partial charge in [-0.05, 0) is 25.3 Å². The fourth-order valence-electron chi connectivity index (χ4n) is 4.12. The first-order valence-electron chi connectivity index (χ1n) is 10.2. The summed E-state index contributed by atoms with van der Waals surface area (Å²) in [6.07, 6.45) is 4.85. The SMILES string of the molecule is C[C@H]1CN(C(=O)c2cnc(C(C)(C)O)o2)[C@H](c2cc3ccccc3cn2)c2[nH]cnc21. The molecule has 1 amide bonds. The summed E-state index contributed by atoms with van der Waals surface area (Å²) in [6.45, 7) is 5.62. The van der Waals surface area contributed by atoms with E-state index in [2.05, 4.69) is 19.9 Å². The second kappa shape index (κ2) is 7.02. The Labute approximate surface area is 179 Å². The lowest BCUT2D eigenvalue weighted by molar-refractivity contribution is 0.0437. The summed E-state index contributed by atoms with van der Waals surface area (Å²) in [5, 5.41) is 12.2. The maximum atomic E-state index is 13.5. The van der Waals surface area contributed by atoms with E-state index in [1.807, 2.05) is 43.5 Å². The van der Waals surface area contributed by atoms with Crippen LogP contribution in [0.15, 0.2) is 53.5 Å². The van der Waals surface area contributed by atoms with Crippen LogP contribution in [0.1, 0.15) is 66.3 Å². The van der Waals surface area contributed by atoms with Crippen molar-refractivity contribution in [3.63, 3.8) is 0 Å². The van der Waals surface area contributed by atoms with Crippen molar-refractivity contribution in [1.29, 1.82) is 0 Å². The van der Waals surface area contributed by atoms with Gasteiger partial charge in [0.2, 0.25) is 11.7 Å². The van der Waals surface area contributed by atoms with Crippen LogP contribution >= 0.6 is 0 Å². The van der Waals surface area contributed by atoms with Crippen molar-refractivity contribution in [3.8, 4) is 0 Å². The minimum absolute atomic E-state index is 0.0404. The molecule has 2 atom stereocenters. The third-order valence-electron chi connectivity index (χ3n) is 5.66. The summed E-state index contributed by atoms with van der Waals surface area (Å²) in [6, 6.07) is 9.54. The summed E-state index contributed by atoms with van der Waals surface area (Å²) >= 11 is 0. The van der Waals surface area contributed by atoms with Crippen LogP contribution in [0.4, 0.5) is 0 Å². The van der Waals surface area contributed by atoms with Crippen molar-refractivity contribution in [2.24, 2.45) is 0 Å². The number of aromatic nitrogens is 4. The van der Waals surface area contributed by atoms with Gasteiger partial charge in [0, 0.05) is 24.0 Å². The monoisotopic (exact) mass is 417 g/mol. The fraction of sp³-hybridized carbons (Fsp3) is 0.304. The zero-order valence-corrected chi connectivity index (χ0v) is 17.5. The molecule has 0 radical (unpaired) electrons. The highest BCUT2D eigenvalue weighted by molar-refractivity contribution is 5.92. The van der Waals surface area contributed by atoms with Crippen molar-refractivity contribution < 1.29 is 14.3 Å². The summed E-state index contributed by atoms with van der Waals surface area (Å²) in [7, 11) is 0. The number of carbonyl (C=O) groups excluding carboxylic acids is 1. The quantitative estimate of drug-likeness (QED) is 0.528. The maximum Gasteiger partial charge on any atom is 0.292 e. The first-order chi connectivity index (χ1) is 14.8. The van der Waals surface area contributed by atoms with Gasteiger partial charge in [-0.1, -0.05) is 31.2 Å². The molecule has 2 N–H and O–H groups in total. The summed E-state index contributed by atoms with van der Waals surface area (Å²) in [5.41, 5.74) is 1.24. The molecule has 4 heterocycles. The van der Waals surface area contributed by atoms with Crippen LogP contribution in [-0.4, -0.2) is 42.4 Å². The van der Waals surface area contributed by atoms with E-state index >= 15 is 0 Å². The smallest absolute Gasteiger partial charge is 0.292 e. The average Bonchev–Trinajstić information content (AvgIpc) is 3.43. The second-order valence-electron chi connectivity index (χ2n) is 8.51. The number of aromatic amines is 1. The van der Waals surface area contributed by atoms with E-state index in [1.54, 1.807) is 25.1 Å². The van der Waals surface area contributed by atoms with Gasteiger partial charge in [0.05, 0.1) is 29.6 Å². The van der Waals surface area contributed by atoms with E-state index in [4.69, 9.17) is 4.42 Å².